The molecule has 0 aliphatic carbocycles. The molecule has 1 aromatic rings. The fourth-order valence-corrected chi connectivity index (χ4v) is 2.92. The molecule has 5 nitrogen and oxygen atoms in total. The van der Waals surface area contributed by atoms with Crippen LogP contribution in [0.25, 0.3) is 0 Å². The highest BCUT2D eigenvalue weighted by atomic mass is 16.5. The molecular formula is C16H25N3O2. The number of hydrogen-bond donors (Lipinski definition) is 2. The van der Waals surface area contributed by atoms with E-state index in [2.05, 4.69) is 10.2 Å². The molecule has 3 atom stereocenters. The van der Waals surface area contributed by atoms with E-state index in [1.54, 1.807) is 12.1 Å². The summed E-state index contributed by atoms with van der Waals surface area (Å²) in [7, 11) is 0. The molecule has 1 aliphatic rings. The molecule has 0 spiro atoms. The number of hydrogen-bond acceptors (Lipinski definition) is 4. The third kappa shape index (κ3) is 4.19. The number of amides is 1. The topological polar surface area (TPSA) is 67.6 Å². The molecule has 21 heavy (non-hydrogen) atoms. The van der Waals surface area contributed by atoms with E-state index in [9.17, 15) is 4.79 Å². The van der Waals surface area contributed by atoms with Gasteiger partial charge in [0.1, 0.15) is 0 Å². The van der Waals surface area contributed by atoms with Crippen molar-refractivity contribution in [3.63, 3.8) is 0 Å². The van der Waals surface area contributed by atoms with Crippen LogP contribution in [0.3, 0.4) is 0 Å². The van der Waals surface area contributed by atoms with Crippen molar-refractivity contribution in [2.45, 2.75) is 45.4 Å². The smallest absolute Gasteiger partial charge is 0.241 e. The summed E-state index contributed by atoms with van der Waals surface area (Å²) in [6.07, 6.45) is 1.08. The second kappa shape index (κ2) is 6.91. The van der Waals surface area contributed by atoms with Gasteiger partial charge in [0, 0.05) is 24.5 Å². The molecule has 0 radical (unpaired) electrons. The average Bonchev–Trinajstić information content (AvgIpc) is 2.38. The summed E-state index contributed by atoms with van der Waals surface area (Å²) in [6, 6.07) is 7.13. The lowest BCUT2D eigenvalue weighted by Gasteiger charge is -2.39. The quantitative estimate of drug-likeness (QED) is 0.834. The van der Waals surface area contributed by atoms with Gasteiger partial charge in [-0.05, 0) is 38.5 Å². The zero-order chi connectivity index (χ0) is 15.4. The first-order chi connectivity index (χ1) is 9.99. The monoisotopic (exact) mass is 291 g/mol. The summed E-state index contributed by atoms with van der Waals surface area (Å²) >= 11 is 0. The minimum Gasteiger partial charge on any atom is -0.399 e. The maximum absolute atomic E-state index is 12.5. The van der Waals surface area contributed by atoms with Gasteiger partial charge in [-0.25, -0.2) is 0 Å². The van der Waals surface area contributed by atoms with Crippen LogP contribution in [0.1, 0.15) is 27.2 Å². The van der Waals surface area contributed by atoms with E-state index in [4.69, 9.17) is 10.5 Å². The van der Waals surface area contributed by atoms with Crippen molar-refractivity contribution >= 4 is 17.3 Å². The highest BCUT2D eigenvalue weighted by Crippen LogP contribution is 2.18. The lowest BCUT2D eigenvalue weighted by atomic mass is 10.1. The van der Waals surface area contributed by atoms with Crippen LogP contribution in [-0.4, -0.2) is 42.1 Å². The molecule has 3 N–H and O–H groups in total. The fraction of sp³-hybridized carbons (Fsp3) is 0.562. The van der Waals surface area contributed by atoms with Crippen LogP contribution >= 0.6 is 0 Å². The van der Waals surface area contributed by atoms with Crippen LogP contribution < -0.4 is 11.1 Å². The number of nitrogens with two attached hydrogens (primary N) is 1. The van der Waals surface area contributed by atoms with Gasteiger partial charge in [0.25, 0.3) is 0 Å². The summed E-state index contributed by atoms with van der Waals surface area (Å²) in [5.41, 5.74) is 7.13. The Morgan fingerprint density at radius 1 is 1.43 bits per heavy atom. The molecule has 5 heteroatoms. The van der Waals surface area contributed by atoms with Gasteiger partial charge >= 0.3 is 0 Å². The van der Waals surface area contributed by atoms with E-state index >= 15 is 0 Å². The summed E-state index contributed by atoms with van der Waals surface area (Å²) < 4.78 is 5.73. The molecule has 3 unspecified atom stereocenters. The predicted molar refractivity (Wildman–Crippen MR) is 85.1 cm³/mol. The van der Waals surface area contributed by atoms with Crippen LogP contribution in [0.2, 0.25) is 0 Å². The third-order valence-corrected chi connectivity index (χ3v) is 3.73. The number of nitrogen functional groups attached to an aromatic ring is 1. The summed E-state index contributed by atoms with van der Waals surface area (Å²) in [6.45, 7) is 7.70. The number of rotatable bonds is 4. The molecule has 2 rings (SSSR count). The van der Waals surface area contributed by atoms with Crippen molar-refractivity contribution in [2.24, 2.45) is 0 Å². The van der Waals surface area contributed by atoms with Crippen LogP contribution in [0, 0.1) is 0 Å². The Hall–Kier alpha value is -1.59. The van der Waals surface area contributed by atoms with Crippen molar-refractivity contribution in [1.29, 1.82) is 0 Å². The summed E-state index contributed by atoms with van der Waals surface area (Å²) in [5.74, 6) is 0.0180. The van der Waals surface area contributed by atoms with E-state index in [0.717, 1.165) is 25.2 Å². The first-order valence-electron chi connectivity index (χ1n) is 7.55. The third-order valence-electron chi connectivity index (χ3n) is 3.73. The number of anilines is 2. The van der Waals surface area contributed by atoms with Gasteiger partial charge < -0.3 is 15.8 Å². The Balaban J connectivity index is 2.04. The lowest BCUT2D eigenvalue weighted by molar-refractivity contribution is -0.128. The van der Waals surface area contributed by atoms with Gasteiger partial charge in [0.2, 0.25) is 5.91 Å². The van der Waals surface area contributed by atoms with E-state index in [-0.39, 0.29) is 24.2 Å². The molecular weight excluding hydrogens is 266 g/mol. The number of nitrogens with zero attached hydrogens (tertiary/aromatic N) is 1. The lowest BCUT2D eigenvalue weighted by Crippen LogP contribution is -2.53. The van der Waals surface area contributed by atoms with Crippen LogP contribution in [0.5, 0.6) is 0 Å². The Morgan fingerprint density at radius 3 is 2.67 bits per heavy atom. The largest absolute Gasteiger partial charge is 0.399 e. The molecule has 1 heterocycles. The van der Waals surface area contributed by atoms with E-state index in [0.29, 0.717) is 5.69 Å². The standard InChI is InChI=1S/C16H25N3O2/c1-4-15(19-9-11(2)21-12(3)10-19)16(20)18-14-7-5-6-13(17)8-14/h5-8,11-12,15H,4,9-10,17H2,1-3H3,(H,18,20). The second-order valence-corrected chi connectivity index (χ2v) is 5.75. The van der Waals surface area contributed by atoms with Gasteiger partial charge in [-0.15, -0.1) is 0 Å². The Kier molecular flexibility index (Phi) is 5.20. The van der Waals surface area contributed by atoms with E-state index in [1.165, 1.54) is 0 Å². The van der Waals surface area contributed by atoms with Crippen molar-refractivity contribution in [1.82, 2.24) is 4.90 Å². The number of nitrogens with one attached hydrogen (secondary N) is 1. The van der Waals surface area contributed by atoms with Crippen molar-refractivity contribution in [3.8, 4) is 0 Å². The Bertz CT molecular complexity index is 482. The predicted octanol–water partition coefficient (Wildman–Crippen LogP) is 2.10. The van der Waals surface area contributed by atoms with Crippen LogP contribution in [-0.2, 0) is 9.53 Å². The zero-order valence-electron chi connectivity index (χ0n) is 13.0. The number of morpholine rings is 1. The molecule has 0 aromatic heterocycles. The molecule has 1 amide bonds. The van der Waals surface area contributed by atoms with Crippen LogP contribution in [0.4, 0.5) is 11.4 Å². The van der Waals surface area contributed by atoms with Gasteiger partial charge in [-0.2, -0.15) is 0 Å². The minimum atomic E-state index is -0.139. The second-order valence-electron chi connectivity index (χ2n) is 5.75. The highest BCUT2D eigenvalue weighted by molar-refractivity contribution is 5.95. The number of carbonyl (C=O) groups excluding carboxylic acids is 1. The first-order valence-corrected chi connectivity index (χ1v) is 7.55. The molecule has 0 saturated carbocycles. The van der Waals surface area contributed by atoms with E-state index < -0.39 is 0 Å². The maximum Gasteiger partial charge on any atom is 0.241 e. The SMILES string of the molecule is CCC(C(=O)Nc1cccc(N)c1)N1CC(C)OC(C)C1. The summed E-state index contributed by atoms with van der Waals surface area (Å²) in [4.78, 5) is 14.7. The van der Waals surface area contributed by atoms with Gasteiger partial charge in [0.15, 0.2) is 0 Å². The number of ether oxygens (including phenoxy) is 1. The molecule has 116 valence electrons. The fourth-order valence-electron chi connectivity index (χ4n) is 2.92. The highest BCUT2D eigenvalue weighted by Gasteiger charge is 2.31. The van der Waals surface area contributed by atoms with Crippen molar-refractivity contribution in [2.75, 3.05) is 24.1 Å². The number of carbonyl (C=O) groups is 1. The normalized spacial score (nSPS) is 24.5. The van der Waals surface area contributed by atoms with Gasteiger partial charge in [0.05, 0.1) is 18.2 Å². The first kappa shape index (κ1) is 15.8. The van der Waals surface area contributed by atoms with Crippen LogP contribution in [0.15, 0.2) is 24.3 Å². The minimum absolute atomic E-state index is 0.0180. The Morgan fingerprint density at radius 2 is 2.10 bits per heavy atom. The Labute approximate surface area is 126 Å². The van der Waals surface area contributed by atoms with Crippen molar-refractivity contribution < 1.29 is 9.53 Å². The number of benzene rings is 1. The maximum atomic E-state index is 12.5. The molecule has 0 bridgehead atoms. The molecule has 1 aliphatic heterocycles. The summed E-state index contributed by atoms with van der Waals surface area (Å²) in [5, 5.41) is 2.96. The zero-order valence-corrected chi connectivity index (χ0v) is 13.0. The molecule has 1 aromatic carbocycles. The van der Waals surface area contributed by atoms with Crippen molar-refractivity contribution in [3.05, 3.63) is 24.3 Å². The average molecular weight is 291 g/mol. The van der Waals surface area contributed by atoms with E-state index in [1.807, 2.05) is 32.9 Å². The van der Waals surface area contributed by atoms with Gasteiger partial charge in [-0.1, -0.05) is 13.0 Å². The molecule has 1 fully saturated rings. The van der Waals surface area contributed by atoms with Gasteiger partial charge in [-0.3, -0.25) is 9.69 Å². The molecule has 1 saturated heterocycles.